The Kier molecular flexibility index (Phi) is 3.31. The molecule has 1 atom stereocenters. The highest BCUT2D eigenvalue weighted by molar-refractivity contribution is 5.58. The summed E-state index contributed by atoms with van der Waals surface area (Å²) in [6.07, 6.45) is -0.744. The van der Waals surface area contributed by atoms with E-state index in [-0.39, 0.29) is 0 Å². The van der Waals surface area contributed by atoms with Crippen molar-refractivity contribution in [3.8, 4) is 11.3 Å². The van der Waals surface area contributed by atoms with E-state index in [1.807, 2.05) is 30.3 Å². The van der Waals surface area contributed by atoms with Crippen molar-refractivity contribution in [1.82, 2.24) is 10.2 Å². The maximum Gasteiger partial charge on any atom is 0.143 e. The lowest BCUT2D eigenvalue weighted by Gasteiger charge is -2.01. The smallest absolute Gasteiger partial charge is 0.143 e. The Morgan fingerprint density at radius 1 is 1.31 bits per heavy atom. The molecule has 1 aromatic heterocycles. The van der Waals surface area contributed by atoms with Crippen molar-refractivity contribution < 1.29 is 4.39 Å². The largest absolute Gasteiger partial charge is 0.330 e. The molecule has 0 bridgehead atoms. The first kappa shape index (κ1) is 10.8. The Bertz CT molecular complexity index is 439. The number of benzene rings is 1. The Balaban J connectivity index is 2.20. The minimum Gasteiger partial charge on any atom is -0.330 e. The monoisotopic (exact) mass is 219 g/mol. The minimum absolute atomic E-state index is 0.316. The molecule has 0 saturated heterocycles. The quantitative estimate of drug-likeness (QED) is 0.829. The third-order valence-electron chi connectivity index (χ3n) is 2.42. The summed E-state index contributed by atoms with van der Waals surface area (Å²) in [6.45, 7) is 0.334. The molecule has 1 unspecified atom stereocenters. The summed E-state index contributed by atoms with van der Waals surface area (Å²) in [5.41, 5.74) is 7.54. The van der Waals surface area contributed by atoms with Gasteiger partial charge in [0.25, 0.3) is 0 Å². The molecular formula is C12H14FN3. The molecule has 3 N–H and O–H groups in total. The second-order valence-corrected chi connectivity index (χ2v) is 3.62. The highest BCUT2D eigenvalue weighted by Gasteiger charge is 2.12. The number of hydrogen-bond donors (Lipinski definition) is 2. The first-order valence-corrected chi connectivity index (χ1v) is 5.26. The van der Waals surface area contributed by atoms with Crippen molar-refractivity contribution >= 4 is 0 Å². The number of aromatic nitrogens is 2. The Hall–Kier alpha value is -1.68. The van der Waals surface area contributed by atoms with E-state index >= 15 is 0 Å². The van der Waals surface area contributed by atoms with E-state index in [2.05, 4.69) is 10.2 Å². The maximum absolute atomic E-state index is 13.5. The van der Waals surface area contributed by atoms with Gasteiger partial charge in [-0.3, -0.25) is 5.10 Å². The van der Waals surface area contributed by atoms with Crippen LogP contribution in [0.2, 0.25) is 0 Å². The van der Waals surface area contributed by atoms with Crippen LogP contribution in [-0.2, 0) is 0 Å². The Morgan fingerprint density at radius 3 is 2.75 bits per heavy atom. The SMILES string of the molecule is NCCC(F)c1cc(-c2ccccc2)n[nH]1. The molecule has 0 amide bonds. The van der Waals surface area contributed by atoms with E-state index in [0.717, 1.165) is 11.3 Å². The maximum atomic E-state index is 13.5. The van der Waals surface area contributed by atoms with Crippen molar-refractivity contribution in [3.05, 3.63) is 42.1 Å². The highest BCUT2D eigenvalue weighted by atomic mass is 19.1. The summed E-state index contributed by atoms with van der Waals surface area (Å²) in [5.74, 6) is 0. The second kappa shape index (κ2) is 4.90. The fourth-order valence-corrected chi connectivity index (χ4v) is 1.56. The van der Waals surface area contributed by atoms with Crippen LogP contribution < -0.4 is 5.73 Å². The van der Waals surface area contributed by atoms with Crippen LogP contribution in [0.3, 0.4) is 0 Å². The van der Waals surface area contributed by atoms with Gasteiger partial charge in [0.1, 0.15) is 6.17 Å². The van der Waals surface area contributed by atoms with Gasteiger partial charge in [-0.25, -0.2) is 4.39 Å². The molecule has 2 rings (SSSR count). The van der Waals surface area contributed by atoms with Crippen molar-refractivity contribution in [2.45, 2.75) is 12.6 Å². The molecule has 0 aliphatic heterocycles. The highest BCUT2D eigenvalue weighted by Crippen LogP contribution is 2.23. The summed E-state index contributed by atoms with van der Waals surface area (Å²) >= 11 is 0. The number of halogens is 1. The van der Waals surface area contributed by atoms with Crippen LogP contribution >= 0.6 is 0 Å². The third kappa shape index (κ3) is 2.28. The van der Waals surface area contributed by atoms with Crippen LogP contribution in [0.4, 0.5) is 4.39 Å². The summed E-state index contributed by atoms with van der Waals surface area (Å²) in [4.78, 5) is 0. The van der Waals surface area contributed by atoms with Gasteiger partial charge in [0.15, 0.2) is 0 Å². The molecule has 0 spiro atoms. The number of H-pyrrole nitrogens is 1. The van der Waals surface area contributed by atoms with Gasteiger partial charge < -0.3 is 5.73 Å². The zero-order valence-electron chi connectivity index (χ0n) is 8.86. The normalized spacial score (nSPS) is 12.6. The van der Waals surface area contributed by atoms with Crippen molar-refractivity contribution in [1.29, 1.82) is 0 Å². The predicted octanol–water partition coefficient (Wildman–Crippen LogP) is 2.44. The number of hydrogen-bond acceptors (Lipinski definition) is 2. The van der Waals surface area contributed by atoms with Crippen LogP contribution in [0.5, 0.6) is 0 Å². The first-order chi connectivity index (χ1) is 7.81. The second-order valence-electron chi connectivity index (χ2n) is 3.62. The van der Waals surface area contributed by atoms with Gasteiger partial charge in [0.2, 0.25) is 0 Å². The molecule has 3 nitrogen and oxygen atoms in total. The van der Waals surface area contributed by atoms with Crippen LogP contribution in [0.1, 0.15) is 18.3 Å². The standard InChI is InChI=1S/C12H14FN3/c13-10(6-7-14)12-8-11(15-16-12)9-4-2-1-3-5-9/h1-5,8,10H,6-7,14H2,(H,15,16). The van der Waals surface area contributed by atoms with Gasteiger partial charge >= 0.3 is 0 Å². The summed E-state index contributed by atoms with van der Waals surface area (Å²) < 4.78 is 13.5. The predicted molar refractivity (Wildman–Crippen MR) is 61.5 cm³/mol. The lowest BCUT2D eigenvalue weighted by atomic mass is 10.1. The number of nitrogens with two attached hydrogens (primary N) is 1. The topological polar surface area (TPSA) is 54.7 Å². The molecule has 4 heteroatoms. The molecule has 0 saturated carbocycles. The van der Waals surface area contributed by atoms with Gasteiger partial charge in [-0.1, -0.05) is 30.3 Å². The molecule has 84 valence electrons. The van der Waals surface area contributed by atoms with Gasteiger partial charge in [0.05, 0.1) is 11.4 Å². The molecule has 0 aliphatic carbocycles. The van der Waals surface area contributed by atoms with E-state index < -0.39 is 6.17 Å². The lowest BCUT2D eigenvalue weighted by molar-refractivity contribution is 0.320. The van der Waals surface area contributed by atoms with Crippen LogP contribution in [0.15, 0.2) is 36.4 Å². The van der Waals surface area contributed by atoms with Crippen molar-refractivity contribution in [3.63, 3.8) is 0 Å². The molecule has 0 fully saturated rings. The van der Waals surface area contributed by atoms with E-state index in [0.29, 0.717) is 18.7 Å². The van der Waals surface area contributed by atoms with E-state index in [4.69, 9.17) is 5.73 Å². The minimum atomic E-state index is -1.06. The zero-order valence-corrected chi connectivity index (χ0v) is 8.86. The van der Waals surface area contributed by atoms with Gasteiger partial charge in [-0.2, -0.15) is 5.10 Å². The third-order valence-corrected chi connectivity index (χ3v) is 2.42. The molecule has 2 aromatic rings. The van der Waals surface area contributed by atoms with Gasteiger partial charge in [0, 0.05) is 5.56 Å². The lowest BCUT2D eigenvalue weighted by Crippen LogP contribution is -2.03. The summed E-state index contributed by atoms with van der Waals surface area (Å²) in [6, 6.07) is 11.4. The van der Waals surface area contributed by atoms with E-state index in [1.54, 1.807) is 6.07 Å². The van der Waals surface area contributed by atoms with E-state index in [1.165, 1.54) is 0 Å². The van der Waals surface area contributed by atoms with E-state index in [9.17, 15) is 4.39 Å². The molecule has 0 aliphatic rings. The number of aromatic amines is 1. The van der Waals surface area contributed by atoms with Crippen LogP contribution in [0.25, 0.3) is 11.3 Å². The van der Waals surface area contributed by atoms with Crippen LogP contribution in [0, 0.1) is 0 Å². The Labute approximate surface area is 93.5 Å². The Morgan fingerprint density at radius 2 is 2.06 bits per heavy atom. The average Bonchev–Trinajstić information content (AvgIpc) is 2.80. The van der Waals surface area contributed by atoms with Gasteiger partial charge in [-0.15, -0.1) is 0 Å². The summed E-state index contributed by atoms with van der Waals surface area (Å²) in [7, 11) is 0. The molecule has 16 heavy (non-hydrogen) atoms. The van der Waals surface area contributed by atoms with Gasteiger partial charge in [-0.05, 0) is 19.0 Å². The summed E-state index contributed by atoms with van der Waals surface area (Å²) in [5, 5.41) is 6.79. The molecule has 1 aromatic carbocycles. The molecule has 0 radical (unpaired) electrons. The van der Waals surface area contributed by atoms with Crippen molar-refractivity contribution in [2.75, 3.05) is 6.54 Å². The zero-order chi connectivity index (χ0) is 11.4. The van der Waals surface area contributed by atoms with Crippen molar-refractivity contribution in [2.24, 2.45) is 5.73 Å². The number of rotatable bonds is 4. The first-order valence-electron chi connectivity index (χ1n) is 5.26. The fraction of sp³-hybridized carbons (Fsp3) is 0.250. The average molecular weight is 219 g/mol. The number of nitrogens with zero attached hydrogens (tertiary/aromatic N) is 1. The molecule has 1 heterocycles. The van der Waals surface area contributed by atoms with Crippen LogP contribution in [-0.4, -0.2) is 16.7 Å². The fourth-order valence-electron chi connectivity index (χ4n) is 1.56. The number of nitrogens with one attached hydrogen (secondary N) is 1. The molecular weight excluding hydrogens is 205 g/mol. The number of alkyl halides is 1.